The van der Waals surface area contributed by atoms with Crippen LogP contribution < -0.4 is 0 Å². The molecule has 0 N–H and O–H groups in total. The van der Waals surface area contributed by atoms with Crippen LogP contribution in [0.2, 0.25) is 0 Å². The van der Waals surface area contributed by atoms with Gasteiger partial charge in [0.25, 0.3) is 0 Å². The second-order valence-corrected chi connectivity index (χ2v) is 7.83. The summed E-state index contributed by atoms with van der Waals surface area (Å²) in [4.78, 5) is 5.75. The quantitative estimate of drug-likeness (QED) is 0.732. The van der Waals surface area contributed by atoms with Gasteiger partial charge in [-0.3, -0.25) is 4.90 Å². The number of piperazine rings is 1. The molecule has 9 nitrogen and oxygen atoms in total. The second-order valence-electron chi connectivity index (χ2n) is 5.85. The lowest BCUT2D eigenvalue weighted by molar-refractivity contribution is -0.137. The van der Waals surface area contributed by atoms with Gasteiger partial charge in [0.2, 0.25) is 10.0 Å². The maximum atomic E-state index is 12.6. The minimum absolute atomic E-state index is 0.174. The number of hydrogen-bond donors (Lipinski definition) is 0. The van der Waals surface area contributed by atoms with Gasteiger partial charge in [0.05, 0.1) is 18.4 Å². The SMILES string of the molecule is CS(=O)(=O)N1CCN(Cc2nnnn2-c2ccc(C(F)(F)F)cn2)CC1. The minimum atomic E-state index is -4.46. The van der Waals surface area contributed by atoms with Crippen LogP contribution in [0.4, 0.5) is 13.2 Å². The van der Waals surface area contributed by atoms with E-state index in [0.717, 1.165) is 12.3 Å². The van der Waals surface area contributed by atoms with Gasteiger partial charge in [-0.2, -0.15) is 22.2 Å². The summed E-state index contributed by atoms with van der Waals surface area (Å²) in [6, 6.07) is 2.11. The van der Waals surface area contributed by atoms with Gasteiger partial charge in [-0.1, -0.05) is 0 Å². The van der Waals surface area contributed by atoms with Crippen molar-refractivity contribution in [3.63, 3.8) is 0 Å². The van der Waals surface area contributed by atoms with Crippen LogP contribution in [-0.2, 0) is 22.7 Å². The third kappa shape index (κ3) is 4.16. The number of hydrogen-bond acceptors (Lipinski definition) is 7. The van der Waals surface area contributed by atoms with E-state index in [1.807, 2.05) is 4.90 Å². The highest BCUT2D eigenvalue weighted by Gasteiger charge is 2.31. The van der Waals surface area contributed by atoms with Gasteiger partial charge in [0, 0.05) is 32.4 Å². The summed E-state index contributed by atoms with van der Waals surface area (Å²) in [6.07, 6.45) is -2.57. The zero-order valence-corrected chi connectivity index (χ0v) is 14.6. The third-order valence-corrected chi connectivity index (χ3v) is 5.29. The summed E-state index contributed by atoms with van der Waals surface area (Å²) in [5.41, 5.74) is -0.854. The van der Waals surface area contributed by atoms with Crippen LogP contribution in [0, 0.1) is 0 Å². The van der Waals surface area contributed by atoms with Crippen LogP contribution in [0.5, 0.6) is 0 Å². The number of tetrazole rings is 1. The molecule has 1 saturated heterocycles. The summed E-state index contributed by atoms with van der Waals surface area (Å²) in [5.74, 6) is 0.581. The molecule has 2 aromatic heterocycles. The van der Waals surface area contributed by atoms with E-state index in [9.17, 15) is 21.6 Å². The van der Waals surface area contributed by atoms with Crippen LogP contribution in [0.15, 0.2) is 18.3 Å². The number of aromatic nitrogens is 5. The predicted molar refractivity (Wildman–Crippen MR) is 83.6 cm³/mol. The Hall–Kier alpha value is -2.12. The highest BCUT2D eigenvalue weighted by molar-refractivity contribution is 7.88. The van der Waals surface area contributed by atoms with E-state index < -0.39 is 21.8 Å². The number of nitrogens with zero attached hydrogens (tertiary/aromatic N) is 7. The van der Waals surface area contributed by atoms with Crippen LogP contribution in [-0.4, -0.2) is 75.2 Å². The molecule has 3 rings (SSSR count). The molecule has 0 spiro atoms. The minimum Gasteiger partial charge on any atom is -0.293 e. The molecule has 1 fully saturated rings. The van der Waals surface area contributed by atoms with E-state index in [0.29, 0.717) is 38.5 Å². The molecule has 0 saturated carbocycles. The molecule has 0 aliphatic carbocycles. The number of sulfonamides is 1. The summed E-state index contributed by atoms with van der Waals surface area (Å²) in [7, 11) is -3.22. The topological polar surface area (TPSA) is 97.1 Å². The first kappa shape index (κ1) is 18.7. The first-order chi connectivity index (χ1) is 12.1. The van der Waals surface area contributed by atoms with Crippen LogP contribution in [0.25, 0.3) is 5.82 Å². The molecule has 0 aromatic carbocycles. The van der Waals surface area contributed by atoms with Crippen molar-refractivity contribution in [1.82, 2.24) is 34.4 Å². The van der Waals surface area contributed by atoms with Crippen molar-refractivity contribution in [3.8, 4) is 5.82 Å². The molecule has 1 aliphatic heterocycles. The fourth-order valence-corrected chi connectivity index (χ4v) is 3.41. The fourth-order valence-electron chi connectivity index (χ4n) is 2.58. The number of halogens is 3. The summed E-state index contributed by atoms with van der Waals surface area (Å²) < 4.78 is 63.6. The van der Waals surface area contributed by atoms with Crippen molar-refractivity contribution in [2.24, 2.45) is 0 Å². The van der Waals surface area contributed by atoms with Crippen LogP contribution >= 0.6 is 0 Å². The fraction of sp³-hybridized carbons (Fsp3) is 0.538. The van der Waals surface area contributed by atoms with Crippen LogP contribution in [0.1, 0.15) is 11.4 Å². The van der Waals surface area contributed by atoms with Gasteiger partial charge >= 0.3 is 6.18 Å². The molecule has 0 radical (unpaired) electrons. The lowest BCUT2D eigenvalue weighted by Gasteiger charge is -2.32. The van der Waals surface area contributed by atoms with Gasteiger partial charge in [-0.05, 0) is 22.6 Å². The summed E-state index contributed by atoms with van der Waals surface area (Å²) in [5, 5.41) is 11.2. The van der Waals surface area contributed by atoms with E-state index in [1.165, 1.54) is 21.3 Å². The second kappa shape index (κ2) is 6.89. The molecular formula is C13H16F3N7O2S. The van der Waals surface area contributed by atoms with Gasteiger partial charge in [-0.15, -0.1) is 5.10 Å². The van der Waals surface area contributed by atoms with Crippen molar-refractivity contribution < 1.29 is 21.6 Å². The van der Waals surface area contributed by atoms with E-state index >= 15 is 0 Å². The molecule has 13 heteroatoms. The van der Waals surface area contributed by atoms with Crippen molar-refractivity contribution >= 4 is 10.0 Å². The first-order valence-corrected chi connectivity index (χ1v) is 9.48. The number of rotatable bonds is 4. The molecule has 0 amide bonds. The normalized spacial score (nSPS) is 17.5. The Morgan fingerprint density at radius 2 is 1.85 bits per heavy atom. The molecule has 2 aromatic rings. The molecule has 0 atom stereocenters. The van der Waals surface area contributed by atoms with Gasteiger partial charge in [-0.25, -0.2) is 13.4 Å². The van der Waals surface area contributed by atoms with Crippen molar-refractivity contribution in [3.05, 3.63) is 29.7 Å². The Kier molecular flexibility index (Phi) is 4.94. The van der Waals surface area contributed by atoms with Gasteiger partial charge < -0.3 is 0 Å². The lowest BCUT2D eigenvalue weighted by atomic mass is 10.3. The Bertz CT molecular complexity index is 859. The van der Waals surface area contributed by atoms with E-state index in [2.05, 4.69) is 20.5 Å². The first-order valence-electron chi connectivity index (χ1n) is 7.63. The van der Waals surface area contributed by atoms with E-state index in [4.69, 9.17) is 0 Å². The van der Waals surface area contributed by atoms with Crippen LogP contribution in [0.3, 0.4) is 0 Å². The Labute approximate surface area is 147 Å². The molecular weight excluding hydrogens is 375 g/mol. The molecule has 142 valence electrons. The Balaban J connectivity index is 1.70. The average Bonchev–Trinajstić information content (AvgIpc) is 3.02. The lowest BCUT2D eigenvalue weighted by Crippen LogP contribution is -2.48. The largest absolute Gasteiger partial charge is 0.417 e. The van der Waals surface area contributed by atoms with Gasteiger partial charge in [0.15, 0.2) is 11.6 Å². The molecule has 1 aliphatic rings. The molecule has 3 heterocycles. The number of pyridine rings is 1. The Morgan fingerprint density at radius 1 is 1.15 bits per heavy atom. The number of alkyl halides is 3. The molecule has 0 unspecified atom stereocenters. The third-order valence-electron chi connectivity index (χ3n) is 3.99. The molecule has 26 heavy (non-hydrogen) atoms. The van der Waals surface area contributed by atoms with Crippen molar-refractivity contribution in [2.75, 3.05) is 32.4 Å². The molecule has 0 bridgehead atoms. The maximum absolute atomic E-state index is 12.6. The van der Waals surface area contributed by atoms with E-state index in [-0.39, 0.29) is 5.82 Å². The predicted octanol–water partition coefficient (Wildman–Crippen LogP) is 0.153. The smallest absolute Gasteiger partial charge is 0.293 e. The maximum Gasteiger partial charge on any atom is 0.417 e. The highest BCUT2D eigenvalue weighted by atomic mass is 32.2. The summed E-state index contributed by atoms with van der Waals surface area (Å²) >= 11 is 0. The highest BCUT2D eigenvalue weighted by Crippen LogP contribution is 2.28. The zero-order chi connectivity index (χ0) is 18.9. The monoisotopic (exact) mass is 391 g/mol. The van der Waals surface area contributed by atoms with E-state index in [1.54, 1.807) is 0 Å². The Morgan fingerprint density at radius 3 is 2.38 bits per heavy atom. The average molecular weight is 391 g/mol. The van der Waals surface area contributed by atoms with Crippen molar-refractivity contribution in [2.45, 2.75) is 12.7 Å². The summed E-state index contributed by atoms with van der Waals surface area (Å²) in [6.45, 7) is 2.05. The van der Waals surface area contributed by atoms with Crippen molar-refractivity contribution in [1.29, 1.82) is 0 Å². The van der Waals surface area contributed by atoms with Gasteiger partial charge in [0.1, 0.15) is 0 Å². The standard InChI is InChI=1S/C13H16F3N7O2S/c1-26(24,25)22-6-4-21(5-7-22)9-12-18-19-20-23(12)11-3-2-10(8-17-11)13(14,15)16/h2-3,8H,4-7,9H2,1H3. The zero-order valence-electron chi connectivity index (χ0n) is 13.8.